The molecule has 1 aromatic rings. The fourth-order valence-corrected chi connectivity index (χ4v) is 3.27. The Kier molecular flexibility index (Phi) is 5.15. The molecule has 0 aromatic carbocycles. The fourth-order valence-electron chi connectivity index (χ4n) is 3.27. The van der Waals surface area contributed by atoms with Crippen LogP contribution in [0.4, 0.5) is 4.79 Å². The summed E-state index contributed by atoms with van der Waals surface area (Å²) in [6, 6.07) is 0.112. The Balaban J connectivity index is 1.68. The number of carbonyl (C=O) groups is 1. The van der Waals surface area contributed by atoms with Crippen molar-refractivity contribution in [1.29, 1.82) is 0 Å². The number of nitrogens with one attached hydrogen (secondary N) is 2. The molecule has 1 aromatic heterocycles. The van der Waals surface area contributed by atoms with Gasteiger partial charge >= 0.3 is 6.03 Å². The molecule has 2 atom stereocenters. The molecule has 2 fully saturated rings. The first-order chi connectivity index (χ1) is 11.1. The third kappa shape index (κ3) is 3.83. The summed E-state index contributed by atoms with van der Waals surface area (Å²) in [5.74, 6) is 1.90. The molecule has 7 nitrogen and oxygen atoms in total. The lowest BCUT2D eigenvalue weighted by Crippen LogP contribution is -2.50. The topological polar surface area (TPSA) is 83.1 Å². The summed E-state index contributed by atoms with van der Waals surface area (Å²) in [5.41, 5.74) is 0. The van der Waals surface area contributed by atoms with Crippen LogP contribution >= 0.6 is 0 Å². The molecule has 128 valence electrons. The molecule has 0 radical (unpaired) electrons. The van der Waals surface area contributed by atoms with Gasteiger partial charge in [0, 0.05) is 19.1 Å². The molecule has 2 amide bonds. The van der Waals surface area contributed by atoms with E-state index >= 15 is 0 Å². The molecule has 3 heterocycles. The minimum Gasteiger partial charge on any atom is -0.379 e. The van der Waals surface area contributed by atoms with Crippen molar-refractivity contribution in [2.45, 2.75) is 64.0 Å². The van der Waals surface area contributed by atoms with Crippen molar-refractivity contribution in [2.75, 3.05) is 19.8 Å². The molecular formula is C16H27N5O2. The van der Waals surface area contributed by atoms with Crippen molar-refractivity contribution >= 4 is 6.03 Å². The van der Waals surface area contributed by atoms with Crippen molar-refractivity contribution < 1.29 is 9.53 Å². The van der Waals surface area contributed by atoms with E-state index in [1.54, 1.807) is 0 Å². The van der Waals surface area contributed by atoms with E-state index in [1.807, 2.05) is 4.90 Å². The number of piperidine rings is 1. The van der Waals surface area contributed by atoms with Gasteiger partial charge < -0.3 is 15.0 Å². The highest BCUT2D eigenvalue weighted by Crippen LogP contribution is 2.29. The predicted molar refractivity (Wildman–Crippen MR) is 86.1 cm³/mol. The van der Waals surface area contributed by atoms with Crippen LogP contribution in [0, 0.1) is 0 Å². The van der Waals surface area contributed by atoms with Gasteiger partial charge in [-0.05, 0) is 32.1 Å². The number of rotatable bonds is 3. The Hall–Kier alpha value is -1.63. The van der Waals surface area contributed by atoms with Crippen LogP contribution in [0.1, 0.15) is 69.6 Å². The van der Waals surface area contributed by atoms with Gasteiger partial charge in [-0.15, -0.1) is 0 Å². The average molecular weight is 321 g/mol. The zero-order chi connectivity index (χ0) is 16.2. The second-order valence-corrected chi connectivity index (χ2v) is 6.80. The average Bonchev–Trinajstić information content (AvgIpc) is 3.06. The number of carbonyl (C=O) groups excluding carboxylic acids is 1. The Bertz CT molecular complexity index is 524. The lowest BCUT2D eigenvalue weighted by atomic mass is 10.0. The van der Waals surface area contributed by atoms with Crippen LogP contribution in [-0.4, -0.2) is 51.9 Å². The molecule has 0 bridgehead atoms. The first-order valence-electron chi connectivity index (χ1n) is 8.72. The number of aromatic nitrogens is 3. The molecule has 2 saturated heterocycles. The molecule has 7 heteroatoms. The molecule has 23 heavy (non-hydrogen) atoms. The van der Waals surface area contributed by atoms with Gasteiger partial charge in [0.2, 0.25) is 0 Å². The van der Waals surface area contributed by atoms with Crippen LogP contribution < -0.4 is 5.32 Å². The van der Waals surface area contributed by atoms with Gasteiger partial charge in [-0.2, -0.15) is 5.10 Å². The fraction of sp³-hybridized carbons (Fsp3) is 0.812. The van der Waals surface area contributed by atoms with Gasteiger partial charge in [0.1, 0.15) is 5.82 Å². The van der Waals surface area contributed by atoms with Crippen molar-refractivity contribution in [3.63, 3.8) is 0 Å². The van der Waals surface area contributed by atoms with Crippen LogP contribution in [0.5, 0.6) is 0 Å². The molecule has 2 aliphatic rings. The molecule has 0 spiro atoms. The van der Waals surface area contributed by atoms with E-state index < -0.39 is 0 Å². The first-order valence-corrected chi connectivity index (χ1v) is 8.72. The number of hydrogen-bond donors (Lipinski definition) is 2. The Morgan fingerprint density at radius 3 is 2.91 bits per heavy atom. The van der Waals surface area contributed by atoms with Crippen molar-refractivity contribution in [2.24, 2.45) is 0 Å². The number of likely N-dealkylation sites (tertiary alicyclic amines) is 1. The number of H-pyrrole nitrogens is 1. The van der Waals surface area contributed by atoms with E-state index in [4.69, 9.17) is 4.74 Å². The van der Waals surface area contributed by atoms with Gasteiger partial charge in [-0.25, -0.2) is 9.78 Å². The SMILES string of the molecule is CC(C)c1n[nH]c([C@H]2CCCCN2C(=O)N[C@H]2CCCOC2)n1. The van der Waals surface area contributed by atoms with Gasteiger partial charge in [0.05, 0.1) is 18.7 Å². The van der Waals surface area contributed by atoms with E-state index in [1.165, 1.54) is 0 Å². The largest absolute Gasteiger partial charge is 0.379 e. The number of urea groups is 1. The summed E-state index contributed by atoms with van der Waals surface area (Å²) < 4.78 is 5.45. The Labute approximate surface area is 137 Å². The van der Waals surface area contributed by atoms with Gasteiger partial charge in [-0.3, -0.25) is 5.10 Å². The predicted octanol–water partition coefficient (Wildman–Crippen LogP) is 2.34. The molecule has 2 aliphatic heterocycles. The van der Waals surface area contributed by atoms with E-state index in [9.17, 15) is 4.79 Å². The molecule has 0 unspecified atom stereocenters. The minimum atomic E-state index is -0.00676. The lowest BCUT2D eigenvalue weighted by Gasteiger charge is -2.36. The highest BCUT2D eigenvalue weighted by molar-refractivity contribution is 5.75. The minimum absolute atomic E-state index is 0.00624. The maximum absolute atomic E-state index is 12.7. The van der Waals surface area contributed by atoms with E-state index in [-0.39, 0.29) is 24.0 Å². The number of ether oxygens (including phenoxy) is 1. The first kappa shape index (κ1) is 16.2. The maximum Gasteiger partial charge on any atom is 0.318 e. The summed E-state index contributed by atoms with van der Waals surface area (Å²) in [7, 11) is 0. The van der Waals surface area contributed by atoms with Crippen LogP contribution in [0.3, 0.4) is 0 Å². The number of aromatic amines is 1. The van der Waals surface area contributed by atoms with Crippen molar-refractivity contribution in [3.05, 3.63) is 11.6 Å². The number of hydrogen-bond acceptors (Lipinski definition) is 4. The Morgan fingerprint density at radius 1 is 1.35 bits per heavy atom. The Morgan fingerprint density at radius 2 is 2.22 bits per heavy atom. The summed E-state index contributed by atoms with van der Waals surface area (Å²) in [6.07, 6.45) is 5.08. The highest BCUT2D eigenvalue weighted by atomic mass is 16.5. The van der Waals surface area contributed by atoms with Crippen LogP contribution in [0.25, 0.3) is 0 Å². The second kappa shape index (κ2) is 7.29. The van der Waals surface area contributed by atoms with Gasteiger partial charge in [-0.1, -0.05) is 13.8 Å². The van der Waals surface area contributed by atoms with Crippen LogP contribution in [-0.2, 0) is 4.74 Å². The van der Waals surface area contributed by atoms with E-state index in [2.05, 4.69) is 34.3 Å². The quantitative estimate of drug-likeness (QED) is 0.895. The zero-order valence-corrected chi connectivity index (χ0v) is 14.0. The third-order valence-electron chi connectivity index (χ3n) is 4.60. The third-order valence-corrected chi connectivity index (χ3v) is 4.60. The van der Waals surface area contributed by atoms with Crippen LogP contribution in [0.15, 0.2) is 0 Å². The van der Waals surface area contributed by atoms with Crippen LogP contribution in [0.2, 0.25) is 0 Å². The lowest BCUT2D eigenvalue weighted by molar-refractivity contribution is 0.0676. The summed E-state index contributed by atoms with van der Waals surface area (Å²) in [6.45, 7) is 6.32. The molecular weight excluding hydrogens is 294 g/mol. The molecule has 3 rings (SSSR count). The smallest absolute Gasteiger partial charge is 0.318 e. The number of amides is 2. The normalized spacial score (nSPS) is 25.6. The molecule has 2 N–H and O–H groups in total. The maximum atomic E-state index is 12.7. The summed E-state index contributed by atoms with van der Waals surface area (Å²) in [5, 5.41) is 10.4. The van der Waals surface area contributed by atoms with E-state index in [0.717, 1.165) is 56.9 Å². The van der Waals surface area contributed by atoms with Gasteiger partial charge in [0.15, 0.2) is 5.82 Å². The van der Waals surface area contributed by atoms with Crippen molar-refractivity contribution in [3.8, 4) is 0 Å². The van der Waals surface area contributed by atoms with Crippen molar-refractivity contribution in [1.82, 2.24) is 25.4 Å². The summed E-state index contributed by atoms with van der Waals surface area (Å²) >= 11 is 0. The van der Waals surface area contributed by atoms with Gasteiger partial charge in [0.25, 0.3) is 0 Å². The van der Waals surface area contributed by atoms with E-state index in [0.29, 0.717) is 6.61 Å². The number of nitrogens with zero attached hydrogens (tertiary/aromatic N) is 3. The molecule has 0 aliphatic carbocycles. The highest BCUT2D eigenvalue weighted by Gasteiger charge is 2.31. The molecule has 0 saturated carbocycles. The standard InChI is InChI=1S/C16H27N5O2/c1-11(2)14-18-15(20-19-14)13-7-3-4-8-21(13)16(22)17-12-6-5-9-23-10-12/h11-13H,3-10H2,1-2H3,(H,17,22)(H,18,19,20)/t12-,13+/m0/s1. The zero-order valence-electron chi connectivity index (χ0n) is 14.0. The second-order valence-electron chi connectivity index (χ2n) is 6.80. The summed E-state index contributed by atoms with van der Waals surface area (Å²) in [4.78, 5) is 19.2. The monoisotopic (exact) mass is 321 g/mol.